The second-order valence-electron chi connectivity index (χ2n) is 0.493. The quantitative estimate of drug-likeness (QED) is 0.464. The average Bonchev–Trinajstić information content (AvgIpc) is 1.35. The third kappa shape index (κ3) is 3.33. The van der Waals surface area contributed by atoms with E-state index >= 15 is 0 Å². The third-order valence-corrected chi connectivity index (χ3v) is 0.158. The number of alkyl halides is 2. The summed E-state index contributed by atoms with van der Waals surface area (Å²) in [5, 5.41) is 0. The number of hydrogen-bond donors (Lipinski definition) is 0. The summed E-state index contributed by atoms with van der Waals surface area (Å²) in [4.78, 5) is 8.91. The third-order valence-electron chi connectivity index (χ3n) is 0.158. The Bertz CT molecular complexity index is 44.8. The lowest BCUT2D eigenvalue weighted by atomic mass is 11.4. The van der Waals surface area contributed by atoms with Gasteiger partial charge in [-0.2, -0.15) is 8.78 Å². The Morgan fingerprint density at radius 2 is 2.17 bits per heavy atom. The van der Waals surface area contributed by atoms with Gasteiger partial charge in [0.25, 0.3) is 6.47 Å². The first-order chi connectivity index (χ1) is 2.77. The van der Waals surface area contributed by atoms with E-state index in [0.717, 1.165) is 0 Å². The molecule has 0 aliphatic carbocycles. The van der Waals surface area contributed by atoms with Crippen molar-refractivity contribution in [1.29, 1.82) is 0 Å². The molecule has 0 atom stereocenters. The van der Waals surface area contributed by atoms with Crippen molar-refractivity contribution in [1.82, 2.24) is 0 Å². The summed E-state index contributed by atoms with van der Waals surface area (Å²) in [6.45, 7) is -3.27. The number of rotatable bonds is 2. The van der Waals surface area contributed by atoms with Crippen molar-refractivity contribution in [3.05, 3.63) is 0 Å². The van der Waals surface area contributed by atoms with Gasteiger partial charge in [-0.25, -0.2) is 0 Å². The first-order valence-corrected chi connectivity index (χ1v) is 1.14. The molecule has 0 aromatic heterocycles. The highest BCUT2D eigenvalue weighted by Gasteiger charge is 1.95. The van der Waals surface area contributed by atoms with Gasteiger partial charge in [0.1, 0.15) is 0 Å². The van der Waals surface area contributed by atoms with Crippen molar-refractivity contribution in [3.63, 3.8) is 0 Å². The first kappa shape index (κ1) is 5.33. The lowest BCUT2D eigenvalue weighted by molar-refractivity contribution is -0.160. The molecule has 0 bridgehead atoms. The van der Waals surface area contributed by atoms with Crippen molar-refractivity contribution in [2.45, 2.75) is 6.61 Å². The van der Waals surface area contributed by atoms with Crippen LogP contribution in [-0.4, -0.2) is 13.1 Å². The second kappa shape index (κ2) is 2.56. The van der Waals surface area contributed by atoms with Crippen LogP contribution in [-0.2, 0) is 9.53 Å². The van der Waals surface area contributed by atoms with Crippen LogP contribution in [0, 0.1) is 0 Å². The zero-order chi connectivity index (χ0) is 4.99. The number of carbonyl (C=O) groups excluding carboxylic acids is 1. The van der Waals surface area contributed by atoms with E-state index in [1.54, 1.807) is 0 Å². The summed E-state index contributed by atoms with van der Waals surface area (Å²) in [5.74, 6) is 0. The number of hydrogen-bond acceptors (Lipinski definition) is 2. The van der Waals surface area contributed by atoms with Crippen molar-refractivity contribution >= 4 is 6.47 Å². The van der Waals surface area contributed by atoms with E-state index in [4.69, 9.17) is 4.79 Å². The van der Waals surface area contributed by atoms with E-state index < -0.39 is 6.61 Å². The van der Waals surface area contributed by atoms with Gasteiger partial charge < -0.3 is 4.74 Å². The van der Waals surface area contributed by atoms with Crippen LogP contribution in [0.15, 0.2) is 0 Å². The van der Waals surface area contributed by atoms with E-state index in [2.05, 4.69) is 4.74 Å². The predicted molar refractivity (Wildman–Crippen MR) is 13.2 cm³/mol. The molecule has 0 amide bonds. The number of halogens is 2. The topological polar surface area (TPSA) is 26.3 Å². The van der Waals surface area contributed by atoms with Crippen LogP contribution in [0.4, 0.5) is 8.78 Å². The Morgan fingerprint density at radius 1 is 1.67 bits per heavy atom. The Morgan fingerprint density at radius 3 is 2.17 bits per heavy atom. The van der Waals surface area contributed by atoms with Gasteiger partial charge >= 0.3 is 6.61 Å². The molecular weight excluding hydrogens is 94.0 g/mol. The molecule has 4 heteroatoms. The van der Waals surface area contributed by atoms with Crippen LogP contribution < -0.4 is 0 Å². The van der Waals surface area contributed by atoms with Gasteiger partial charge in [0, 0.05) is 0 Å². The smallest absolute Gasteiger partial charge is 0.389 e. The van der Waals surface area contributed by atoms with Crippen molar-refractivity contribution in [2.24, 2.45) is 0 Å². The van der Waals surface area contributed by atoms with E-state index in [0.29, 0.717) is 0 Å². The van der Waals surface area contributed by atoms with Gasteiger partial charge in [-0.15, -0.1) is 0 Å². The summed E-state index contributed by atoms with van der Waals surface area (Å²) in [6, 6.07) is 0. The van der Waals surface area contributed by atoms with Crippen molar-refractivity contribution < 1.29 is 18.3 Å². The van der Waals surface area contributed by atoms with Crippen LogP contribution in [0.5, 0.6) is 0 Å². The molecular formula is C2H2F2O2. The van der Waals surface area contributed by atoms with E-state index in [-0.39, 0.29) is 6.47 Å². The molecule has 6 heavy (non-hydrogen) atoms. The van der Waals surface area contributed by atoms with Crippen LogP contribution in [0.25, 0.3) is 0 Å². The Kier molecular flexibility index (Phi) is 2.27. The summed E-state index contributed by atoms with van der Waals surface area (Å²) in [6.07, 6.45) is 0. The zero-order valence-electron chi connectivity index (χ0n) is 2.73. The molecule has 0 spiro atoms. The van der Waals surface area contributed by atoms with Gasteiger partial charge in [-0.3, -0.25) is 4.79 Å². The highest BCUT2D eigenvalue weighted by Crippen LogP contribution is 1.88. The van der Waals surface area contributed by atoms with Gasteiger partial charge in [-0.1, -0.05) is 0 Å². The second-order valence-corrected chi connectivity index (χ2v) is 0.493. The van der Waals surface area contributed by atoms with Crippen LogP contribution in [0.3, 0.4) is 0 Å². The average molecular weight is 96.0 g/mol. The fourth-order valence-electron chi connectivity index (χ4n) is 0.0420. The lowest BCUT2D eigenvalue weighted by Gasteiger charge is -1.87. The Balaban J connectivity index is 2.81. The van der Waals surface area contributed by atoms with Crippen LogP contribution in [0.1, 0.15) is 0 Å². The highest BCUT2D eigenvalue weighted by atomic mass is 19.3. The number of ether oxygens (including phenoxy) is 1. The first-order valence-electron chi connectivity index (χ1n) is 1.14. The molecule has 0 saturated carbocycles. The summed E-state index contributed by atoms with van der Waals surface area (Å²) in [5.41, 5.74) is 0. The van der Waals surface area contributed by atoms with Gasteiger partial charge in [-0.05, 0) is 0 Å². The predicted octanol–water partition coefficient (Wildman–Crippen LogP) is 0.382. The fraction of sp³-hybridized carbons (Fsp3) is 0.500. The van der Waals surface area contributed by atoms with Gasteiger partial charge in [0.15, 0.2) is 0 Å². The maximum absolute atomic E-state index is 10.6. The van der Waals surface area contributed by atoms with E-state index in [9.17, 15) is 8.78 Å². The molecule has 36 valence electrons. The lowest BCUT2D eigenvalue weighted by Crippen LogP contribution is -1.93. The maximum Gasteiger partial charge on any atom is 0.389 e. The minimum Gasteiger partial charge on any atom is -0.406 e. The molecule has 0 aromatic carbocycles. The standard InChI is InChI=1S/C2H2F2O2/c3-2(4)6-1-5/h1-2H. The van der Waals surface area contributed by atoms with Gasteiger partial charge in [0.05, 0.1) is 0 Å². The molecule has 0 heterocycles. The molecule has 0 rings (SSSR count). The molecule has 0 N–H and O–H groups in total. The van der Waals surface area contributed by atoms with Crippen LogP contribution >= 0.6 is 0 Å². The van der Waals surface area contributed by atoms with Crippen LogP contribution in [0.2, 0.25) is 0 Å². The molecule has 0 unspecified atom stereocenters. The molecule has 0 radical (unpaired) electrons. The summed E-state index contributed by atoms with van der Waals surface area (Å²) in [7, 11) is 0. The Labute approximate surface area is 32.7 Å². The molecule has 0 saturated heterocycles. The maximum atomic E-state index is 10.6. The monoisotopic (exact) mass is 96.0 g/mol. The molecule has 0 fully saturated rings. The molecule has 0 aliphatic heterocycles. The largest absolute Gasteiger partial charge is 0.406 e. The minimum absolute atomic E-state index is 0.301. The summed E-state index contributed by atoms with van der Waals surface area (Å²) < 4.78 is 24.2. The molecule has 0 aromatic rings. The molecule has 2 nitrogen and oxygen atoms in total. The van der Waals surface area contributed by atoms with E-state index in [1.807, 2.05) is 0 Å². The summed E-state index contributed by atoms with van der Waals surface area (Å²) >= 11 is 0. The minimum atomic E-state index is -2.97. The van der Waals surface area contributed by atoms with Crippen molar-refractivity contribution in [3.8, 4) is 0 Å². The van der Waals surface area contributed by atoms with E-state index in [1.165, 1.54) is 0 Å². The SMILES string of the molecule is O=COC(F)F. The fourth-order valence-corrected chi connectivity index (χ4v) is 0.0420. The number of carbonyl (C=O) groups is 1. The highest BCUT2D eigenvalue weighted by molar-refractivity contribution is 5.36. The van der Waals surface area contributed by atoms with Gasteiger partial charge in [0.2, 0.25) is 0 Å². The Hall–Kier alpha value is -0.670. The zero-order valence-corrected chi connectivity index (χ0v) is 2.73. The molecule has 0 aliphatic rings. The normalized spacial score (nSPS) is 8.50. The van der Waals surface area contributed by atoms with Crippen molar-refractivity contribution in [2.75, 3.05) is 0 Å².